The van der Waals surface area contributed by atoms with Crippen LogP contribution >= 0.6 is 0 Å². The third kappa shape index (κ3) is 2.21. The summed E-state index contributed by atoms with van der Waals surface area (Å²) in [5.41, 5.74) is 3.73. The van der Waals surface area contributed by atoms with Crippen molar-refractivity contribution < 1.29 is 4.79 Å². The SMILES string of the molecule is O=C1[C@@H]2CCC[C@@H]1[C@H](c1ccccc1)C=C2c1ccccc1. The summed E-state index contributed by atoms with van der Waals surface area (Å²) in [5, 5.41) is 0. The van der Waals surface area contributed by atoms with Gasteiger partial charge in [-0.2, -0.15) is 0 Å². The molecule has 2 aromatic rings. The van der Waals surface area contributed by atoms with Gasteiger partial charge in [0, 0.05) is 17.8 Å². The summed E-state index contributed by atoms with van der Waals surface area (Å²) in [6.45, 7) is 0. The van der Waals surface area contributed by atoms with Gasteiger partial charge in [-0.05, 0) is 29.5 Å². The lowest BCUT2D eigenvalue weighted by molar-refractivity contribution is -0.128. The molecule has 110 valence electrons. The standard InChI is InChI=1S/C21H20O/c22-21-17-12-7-13-18(21)20(16-10-5-2-6-11-16)14-19(17)15-8-3-1-4-9-15/h1-6,8-11,14,17-19H,7,12-13H2/t17-,18-,19+/m1/s1. The fraction of sp³-hybridized carbons (Fsp3) is 0.286. The number of Topliss-reactive ketones (excluding diaryl/α,β-unsaturated/α-hetero) is 1. The number of carbonyl (C=O) groups excluding carboxylic acids is 1. The summed E-state index contributed by atoms with van der Waals surface area (Å²) in [5.74, 6) is 0.983. The van der Waals surface area contributed by atoms with Gasteiger partial charge in [-0.15, -0.1) is 0 Å². The van der Waals surface area contributed by atoms with E-state index in [0.717, 1.165) is 19.3 Å². The van der Waals surface area contributed by atoms with Crippen molar-refractivity contribution in [3.63, 3.8) is 0 Å². The smallest absolute Gasteiger partial charge is 0.144 e. The van der Waals surface area contributed by atoms with E-state index in [1.807, 2.05) is 12.1 Å². The van der Waals surface area contributed by atoms with Crippen LogP contribution in [0.1, 0.15) is 36.3 Å². The van der Waals surface area contributed by atoms with Crippen LogP contribution < -0.4 is 0 Å². The minimum Gasteiger partial charge on any atom is -0.299 e. The highest BCUT2D eigenvalue weighted by Gasteiger charge is 2.41. The largest absolute Gasteiger partial charge is 0.299 e. The number of ketones is 1. The fourth-order valence-corrected chi connectivity index (χ4v) is 4.11. The number of rotatable bonds is 2. The average Bonchev–Trinajstić information content (AvgIpc) is 2.57. The van der Waals surface area contributed by atoms with E-state index in [4.69, 9.17) is 0 Å². The van der Waals surface area contributed by atoms with Crippen LogP contribution in [0.25, 0.3) is 5.57 Å². The molecular formula is C21H20O. The highest BCUT2D eigenvalue weighted by Crippen LogP contribution is 2.47. The Balaban J connectivity index is 1.84. The monoisotopic (exact) mass is 288 g/mol. The summed E-state index contributed by atoms with van der Waals surface area (Å²) in [4.78, 5) is 12.9. The molecule has 2 aliphatic rings. The van der Waals surface area contributed by atoms with Gasteiger partial charge < -0.3 is 0 Å². The topological polar surface area (TPSA) is 17.1 Å². The molecular weight excluding hydrogens is 268 g/mol. The summed E-state index contributed by atoms with van der Waals surface area (Å²) in [7, 11) is 0. The summed E-state index contributed by atoms with van der Waals surface area (Å²) in [6, 6.07) is 20.9. The second kappa shape index (κ2) is 5.57. The second-order valence-electron chi connectivity index (χ2n) is 6.42. The second-order valence-corrected chi connectivity index (χ2v) is 6.42. The quantitative estimate of drug-likeness (QED) is 0.772. The molecule has 2 aromatic carbocycles. The highest BCUT2D eigenvalue weighted by atomic mass is 16.1. The number of hydrogen-bond donors (Lipinski definition) is 0. The van der Waals surface area contributed by atoms with E-state index < -0.39 is 0 Å². The van der Waals surface area contributed by atoms with Gasteiger partial charge in [0.25, 0.3) is 0 Å². The summed E-state index contributed by atoms with van der Waals surface area (Å²) < 4.78 is 0. The first-order valence-corrected chi connectivity index (χ1v) is 8.20. The Bertz CT molecular complexity index is 699. The molecule has 0 unspecified atom stereocenters. The minimum absolute atomic E-state index is 0.112. The highest BCUT2D eigenvalue weighted by molar-refractivity contribution is 5.98. The van der Waals surface area contributed by atoms with Crippen molar-refractivity contribution in [3.8, 4) is 0 Å². The Kier molecular flexibility index (Phi) is 3.42. The van der Waals surface area contributed by atoms with Crippen LogP contribution in [0, 0.1) is 11.8 Å². The van der Waals surface area contributed by atoms with Gasteiger partial charge in [-0.1, -0.05) is 73.2 Å². The molecule has 1 nitrogen and oxygen atoms in total. The van der Waals surface area contributed by atoms with Gasteiger partial charge in [0.05, 0.1) is 0 Å². The van der Waals surface area contributed by atoms with E-state index in [9.17, 15) is 4.79 Å². The molecule has 0 heterocycles. The van der Waals surface area contributed by atoms with E-state index in [1.54, 1.807) is 0 Å². The first kappa shape index (κ1) is 13.5. The molecule has 4 rings (SSSR count). The number of fused-ring (bicyclic) bond motifs is 2. The molecule has 0 amide bonds. The Labute approximate surface area is 131 Å². The van der Waals surface area contributed by atoms with Crippen LogP contribution in [0.5, 0.6) is 0 Å². The van der Waals surface area contributed by atoms with Crippen molar-refractivity contribution in [1.82, 2.24) is 0 Å². The maximum atomic E-state index is 12.9. The molecule has 0 aliphatic heterocycles. The average molecular weight is 288 g/mol. The summed E-state index contributed by atoms with van der Waals surface area (Å²) in [6.07, 6.45) is 5.58. The van der Waals surface area contributed by atoms with E-state index in [-0.39, 0.29) is 17.8 Å². The zero-order valence-electron chi connectivity index (χ0n) is 12.6. The van der Waals surface area contributed by atoms with Gasteiger partial charge in [-0.25, -0.2) is 0 Å². The van der Waals surface area contributed by atoms with Crippen LogP contribution in [0.3, 0.4) is 0 Å². The zero-order valence-corrected chi connectivity index (χ0v) is 12.6. The minimum atomic E-state index is 0.112. The Morgan fingerprint density at radius 2 is 1.50 bits per heavy atom. The van der Waals surface area contributed by atoms with Crippen LogP contribution in [-0.4, -0.2) is 5.78 Å². The lowest BCUT2D eigenvalue weighted by Crippen LogP contribution is -2.36. The molecule has 0 N–H and O–H groups in total. The molecule has 0 radical (unpaired) electrons. The molecule has 22 heavy (non-hydrogen) atoms. The third-order valence-corrected chi connectivity index (χ3v) is 5.18. The van der Waals surface area contributed by atoms with E-state index in [0.29, 0.717) is 5.78 Å². The van der Waals surface area contributed by atoms with Gasteiger partial charge in [0.15, 0.2) is 0 Å². The molecule has 0 aromatic heterocycles. The third-order valence-electron chi connectivity index (χ3n) is 5.18. The molecule has 0 spiro atoms. The van der Waals surface area contributed by atoms with E-state index in [1.165, 1.54) is 16.7 Å². The van der Waals surface area contributed by atoms with E-state index >= 15 is 0 Å². The van der Waals surface area contributed by atoms with Crippen LogP contribution in [0.15, 0.2) is 66.7 Å². The Hall–Kier alpha value is -2.15. The van der Waals surface area contributed by atoms with Crippen molar-refractivity contribution in [2.45, 2.75) is 25.2 Å². The van der Waals surface area contributed by atoms with Crippen molar-refractivity contribution >= 4 is 11.4 Å². The first-order chi connectivity index (χ1) is 10.8. The number of carbonyl (C=O) groups is 1. The van der Waals surface area contributed by atoms with Gasteiger partial charge in [0.1, 0.15) is 5.78 Å². The predicted molar refractivity (Wildman–Crippen MR) is 89.4 cm³/mol. The van der Waals surface area contributed by atoms with Crippen molar-refractivity contribution in [3.05, 3.63) is 77.9 Å². The van der Waals surface area contributed by atoms with Crippen molar-refractivity contribution in [1.29, 1.82) is 0 Å². The number of benzene rings is 2. The zero-order chi connectivity index (χ0) is 14.9. The lowest BCUT2D eigenvalue weighted by Gasteiger charge is -2.38. The molecule has 0 saturated heterocycles. The molecule has 2 bridgehead atoms. The van der Waals surface area contributed by atoms with Crippen LogP contribution in [-0.2, 0) is 4.79 Å². The maximum absolute atomic E-state index is 12.9. The fourth-order valence-electron chi connectivity index (χ4n) is 4.11. The summed E-state index contributed by atoms with van der Waals surface area (Å²) >= 11 is 0. The van der Waals surface area contributed by atoms with Crippen LogP contribution in [0.4, 0.5) is 0 Å². The first-order valence-electron chi connectivity index (χ1n) is 8.20. The normalized spacial score (nSPS) is 27.4. The molecule has 1 saturated carbocycles. The predicted octanol–water partition coefficient (Wildman–Crippen LogP) is 4.85. The molecule has 1 heteroatoms. The van der Waals surface area contributed by atoms with E-state index in [2.05, 4.69) is 54.6 Å². The van der Waals surface area contributed by atoms with Crippen molar-refractivity contribution in [2.75, 3.05) is 0 Å². The Morgan fingerprint density at radius 1 is 0.818 bits per heavy atom. The van der Waals surface area contributed by atoms with Crippen molar-refractivity contribution in [2.24, 2.45) is 11.8 Å². The maximum Gasteiger partial charge on any atom is 0.144 e. The van der Waals surface area contributed by atoms with Gasteiger partial charge in [0.2, 0.25) is 0 Å². The molecule has 2 aliphatic carbocycles. The van der Waals surface area contributed by atoms with Gasteiger partial charge in [-0.3, -0.25) is 4.79 Å². The molecule has 1 fully saturated rings. The Morgan fingerprint density at radius 3 is 2.23 bits per heavy atom. The number of hydrogen-bond acceptors (Lipinski definition) is 1. The lowest BCUT2D eigenvalue weighted by atomic mass is 9.64. The van der Waals surface area contributed by atoms with Crippen LogP contribution in [0.2, 0.25) is 0 Å². The van der Waals surface area contributed by atoms with Gasteiger partial charge >= 0.3 is 0 Å². The number of allylic oxidation sites excluding steroid dienone is 2. The molecule has 3 atom stereocenters.